The summed E-state index contributed by atoms with van der Waals surface area (Å²) in [4.78, 5) is 2.50. The molecule has 2 aliphatic rings. The molecule has 2 atom stereocenters. The maximum absolute atomic E-state index is 6.05. The fourth-order valence-corrected chi connectivity index (χ4v) is 2.88. The summed E-state index contributed by atoms with van der Waals surface area (Å²) in [6.45, 7) is 11.4. The zero-order valence-electron chi connectivity index (χ0n) is 13.2. The van der Waals surface area contributed by atoms with Crippen molar-refractivity contribution in [3.63, 3.8) is 0 Å². The van der Waals surface area contributed by atoms with E-state index in [1.807, 2.05) is 0 Å². The zero-order chi connectivity index (χ0) is 14.4. The van der Waals surface area contributed by atoms with Crippen LogP contribution in [0.5, 0.6) is 0 Å². The second-order valence-electron chi connectivity index (χ2n) is 6.03. The molecule has 0 saturated carbocycles. The number of ether oxygens (including phenoxy) is 2. The first-order chi connectivity index (χ1) is 9.72. The molecule has 1 fully saturated rings. The highest BCUT2D eigenvalue weighted by atomic mass is 16.5. The standard InChI is InChI=1S/C16H30N2O2/c1-4-8-17-16(14-7-5-6-10-19-14)15-12-18(13(2)3)9-11-20-15/h7,13,15-17H,4-6,8-12H2,1-3H3. The van der Waals surface area contributed by atoms with Crippen LogP contribution in [0.15, 0.2) is 11.8 Å². The van der Waals surface area contributed by atoms with Gasteiger partial charge in [-0.25, -0.2) is 0 Å². The quantitative estimate of drug-likeness (QED) is 0.809. The molecule has 0 amide bonds. The third-order valence-electron chi connectivity index (χ3n) is 4.11. The number of allylic oxidation sites excluding steroid dienone is 1. The summed E-state index contributed by atoms with van der Waals surface area (Å²) < 4.78 is 11.9. The number of hydrogen-bond donors (Lipinski definition) is 1. The minimum absolute atomic E-state index is 0.196. The SMILES string of the molecule is CCCNC(C1=CCCCO1)C1CN(C(C)C)CCO1. The Morgan fingerprint density at radius 1 is 1.40 bits per heavy atom. The van der Waals surface area contributed by atoms with Crippen molar-refractivity contribution >= 4 is 0 Å². The molecule has 2 aliphatic heterocycles. The summed E-state index contributed by atoms with van der Waals surface area (Å²) in [5.74, 6) is 1.10. The lowest BCUT2D eigenvalue weighted by molar-refractivity contribution is -0.0581. The first-order valence-corrected chi connectivity index (χ1v) is 8.14. The summed E-state index contributed by atoms with van der Waals surface area (Å²) in [5.41, 5.74) is 0. The van der Waals surface area contributed by atoms with E-state index < -0.39 is 0 Å². The van der Waals surface area contributed by atoms with Gasteiger partial charge in [0.25, 0.3) is 0 Å². The largest absolute Gasteiger partial charge is 0.496 e. The average molecular weight is 282 g/mol. The van der Waals surface area contributed by atoms with E-state index in [1.54, 1.807) is 0 Å². The van der Waals surface area contributed by atoms with Gasteiger partial charge in [-0.2, -0.15) is 0 Å². The smallest absolute Gasteiger partial charge is 0.112 e. The number of nitrogens with one attached hydrogen (secondary N) is 1. The molecule has 1 saturated heterocycles. The van der Waals surface area contributed by atoms with Crippen LogP contribution in [0, 0.1) is 0 Å². The van der Waals surface area contributed by atoms with Crippen LogP contribution in [0.3, 0.4) is 0 Å². The lowest BCUT2D eigenvalue weighted by atomic mass is 10.0. The molecule has 2 unspecified atom stereocenters. The fraction of sp³-hybridized carbons (Fsp3) is 0.875. The summed E-state index contributed by atoms with van der Waals surface area (Å²) in [6, 6.07) is 0.784. The second kappa shape index (κ2) is 8.01. The molecule has 0 radical (unpaired) electrons. The van der Waals surface area contributed by atoms with Crippen LogP contribution in [0.2, 0.25) is 0 Å². The fourth-order valence-electron chi connectivity index (χ4n) is 2.88. The number of nitrogens with zero attached hydrogens (tertiary/aromatic N) is 1. The summed E-state index contributed by atoms with van der Waals surface area (Å²) in [6.07, 6.45) is 5.83. The minimum atomic E-state index is 0.196. The van der Waals surface area contributed by atoms with E-state index in [-0.39, 0.29) is 12.1 Å². The van der Waals surface area contributed by atoms with Crippen molar-refractivity contribution in [3.05, 3.63) is 11.8 Å². The topological polar surface area (TPSA) is 33.7 Å². The molecule has 0 aromatic rings. The molecule has 0 aromatic carbocycles. The van der Waals surface area contributed by atoms with Crippen LogP contribution >= 0.6 is 0 Å². The van der Waals surface area contributed by atoms with Gasteiger partial charge in [0, 0.05) is 19.1 Å². The van der Waals surface area contributed by atoms with E-state index in [1.165, 1.54) is 0 Å². The van der Waals surface area contributed by atoms with E-state index in [2.05, 4.69) is 37.1 Å². The molecule has 2 heterocycles. The van der Waals surface area contributed by atoms with Gasteiger partial charge in [-0.1, -0.05) is 6.92 Å². The van der Waals surface area contributed by atoms with Crippen LogP contribution in [0.1, 0.15) is 40.0 Å². The lowest BCUT2D eigenvalue weighted by Crippen LogP contribution is -2.55. The van der Waals surface area contributed by atoms with E-state index in [0.717, 1.165) is 57.9 Å². The molecule has 4 nitrogen and oxygen atoms in total. The monoisotopic (exact) mass is 282 g/mol. The number of hydrogen-bond acceptors (Lipinski definition) is 4. The van der Waals surface area contributed by atoms with Crippen LogP contribution < -0.4 is 5.32 Å². The molecule has 0 bridgehead atoms. The maximum atomic E-state index is 6.05. The van der Waals surface area contributed by atoms with Crippen molar-refractivity contribution in [1.29, 1.82) is 0 Å². The number of morpholine rings is 1. The molecule has 116 valence electrons. The summed E-state index contributed by atoms with van der Waals surface area (Å²) in [7, 11) is 0. The van der Waals surface area contributed by atoms with Gasteiger partial charge in [-0.3, -0.25) is 4.90 Å². The number of rotatable bonds is 6. The molecule has 4 heteroatoms. The van der Waals surface area contributed by atoms with E-state index in [0.29, 0.717) is 6.04 Å². The van der Waals surface area contributed by atoms with Gasteiger partial charge in [0.1, 0.15) is 5.76 Å². The summed E-state index contributed by atoms with van der Waals surface area (Å²) in [5, 5.41) is 3.62. The van der Waals surface area contributed by atoms with Crippen LogP contribution in [0.4, 0.5) is 0 Å². The van der Waals surface area contributed by atoms with Crippen molar-refractivity contribution in [1.82, 2.24) is 10.2 Å². The lowest BCUT2D eigenvalue weighted by Gasteiger charge is -2.40. The minimum Gasteiger partial charge on any atom is -0.496 e. The molecule has 0 spiro atoms. The van der Waals surface area contributed by atoms with Crippen molar-refractivity contribution in [2.75, 3.05) is 32.8 Å². The maximum Gasteiger partial charge on any atom is 0.112 e. The van der Waals surface area contributed by atoms with Crippen molar-refractivity contribution < 1.29 is 9.47 Å². The highest BCUT2D eigenvalue weighted by molar-refractivity contribution is 5.09. The van der Waals surface area contributed by atoms with Crippen LogP contribution in [0.25, 0.3) is 0 Å². The van der Waals surface area contributed by atoms with Gasteiger partial charge in [0.2, 0.25) is 0 Å². The van der Waals surface area contributed by atoms with Crippen molar-refractivity contribution in [2.24, 2.45) is 0 Å². The predicted molar refractivity (Wildman–Crippen MR) is 81.8 cm³/mol. The third-order valence-corrected chi connectivity index (χ3v) is 4.11. The van der Waals surface area contributed by atoms with E-state index in [9.17, 15) is 0 Å². The molecule has 2 rings (SSSR count). The highest BCUT2D eigenvalue weighted by Gasteiger charge is 2.32. The van der Waals surface area contributed by atoms with Crippen LogP contribution in [-0.2, 0) is 9.47 Å². The molecular formula is C16H30N2O2. The first kappa shape index (κ1) is 15.8. The van der Waals surface area contributed by atoms with Crippen molar-refractivity contribution in [3.8, 4) is 0 Å². The van der Waals surface area contributed by atoms with Gasteiger partial charge >= 0.3 is 0 Å². The molecule has 20 heavy (non-hydrogen) atoms. The molecule has 0 aromatic heterocycles. The molecule has 0 aliphatic carbocycles. The predicted octanol–water partition coefficient (Wildman–Crippen LogP) is 2.16. The summed E-state index contributed by atoms with van der Waals surface area (Å²) >= 11 is 0. The van der Waals surface area contributed by atoms with Gasteiger partial charge in [0.05, 0.1) is 25.4 Å². The molecule has 1 N–H and O–H groups in total. The Bertz CT molecular complexity index is 318. The Labute approximate surface area is 123 Å². The Morgan fingerprint density at radius 3 is 2.90 bits per heavy atom. The van der Waals surface area contributed by atoms with E-state index >= 15 is 0 Å². The third kappa shape index (κ3) is 4.21. The van der Waals surface area contributed by atoms with Gasteiger partial charge < -0.3 is 14.8 Å². The Balaban J connectivity index is 2.03. The van der Waals surface area contributed by atoms with Crippen molar-refractivity contribution in [2.45, 2.75) is 58.2 Å². The Hall–Kier alpha value is -0.580. The normalized spacial score (nSPS) is 26.2. The average Bonchev–Trinajstić information content (AvgIpc) is 2.49. The zero-order valence-corrected chi connectivity index (χ0v) is 13.2. The Kier molecular flexibility index (Phi) is 6.33. The van der Waals surface area contributed by atoms with Gasteiger partial charge in [0.15, 0.2) is 0 Å². The van der Waals surface area contributed by atoms with Gasteiger partial charge in [-0.15, -0.1) is 0 Å². The van der Waals surface area contributed by atoms with Crippen LogP contribution in [-0.4, -0.2) is 55.9 Å². The van der Waals surface area contributed by atoms with E-state index in [4.69, 9.17) is 9.47 Å². The molecular weight excluding hydrogens is 252 g/mol. The Morgan fingerprint density at radius 2 is 2.25 bits per heavy atom. The first-order valence-electron chi connectivity index (χ1n) is 8.14. The van der Waals surface area contributed by atoms with Gasteiger partial charge in [-0.05, 0) is 45.7 Å². The highest BCUT2D eigenvalue weighted by Crippen LogP contribution is 2.21. The second-order valence-corrected chi connectivity index (χ2v) is 6.03.